The summed E-state index contributed by atoms with van der Waals surface area (Å²) in [4.78, 5) is 18.6. The van der Waals surface area contributed by atoms with Crippen LogP contribution in [0.3, 0.4) is 0 Å². The summed E-state index contributed by atoms with van der Waals surface area (Å²) < 4.78 is 0. The molecule has 0 aromatic carbocycles. The number of amides is 1. The molecule has 0 spiro atoms. The third-order valence-electron chi connectivity index (χ3n) is 3.01. The highest BCUT2D eigenvalue weighted by Crippen LogP contribution is 2.18. The average molecular weight is 236 g/mol. The smallest absolute Gasteiger partial charge is 0.407 e. The van der Waals surface area contributed by atoms with Crippen molar-refractivity contribution in [1.29, 1.82) is 0 Å². The van der Waals surface area contributed by atoms with Crippen molar-refractivity contribution in [1.82, 2.24) is 9.88 Å². The van der Waals surface area contributed by atoms with Crippen molar-refractivity contribution >= 4 is 17.6 Å². The van der Waals surface area contributed by atoms with Gasteiger partial charge in [-0.25, -0.2) is 9.78 Å². The van der Waals surface area contributed by atoms with Crippen molar-refractivity contribution in [2.45, 2.75) is 13.0 Å². The lowest BCUT2D eigenvalue weighted by atomic mass is 10.2. The molecule has 0 bridgehead atoms. The van der Waals surface area contributed by atoms with Gasteiger partial charge in [-0.15, -0.1) is 0 Å². The molecular formula is C11H16N4O2. The number of nitrogens with zero attached hydrogens (tertiary/aromatic N) is 3. The number of aromatic nitrogens is 1. The molecule has 92 valence electrons. The Balaban J connectivity index is 2.06. The summed E-state index contributed by atoms with van der Waals surface area (Å²) in [6, 6.07) is 3.65. The van der Waals surface area contributed by atoms with Gasteiger partial charge in [-0.2, -0.15) is 0 Å². The van der Waals surface area contributed by atoms with Crippen LogP contribution in [-0.4, -0.2) is 46.8 Å². The minimum absolute atomic E-state index is 0.0150. The maximum absolute atomic E-state index is 10.9. The summed E-state index contributed by atoms with van der Waals surface area (Å²) in [5.74, 6) is 0.492. The Labute approximate surface area is 99.7 Å². The Hall–Kier alpha value is -1.98. The second kappa shape index (κ2) is 4.48. The molecule has 1 aliphatic rings. The molecule has 1 atom stereocenters. The molecule has 0 aliphatic carbocycles. The van der Waals surface area contributed by atoms with E-state index in [0.717, 1.165) is 5.69 Å². The second-order valence-corrected chi connectivity index (χ2v) is 4.21. The highest BCUT2D eigenvalue weighted by atomic mass is 16.4. The van der Waals surface area contributed by atoms with Crippen molar-refractivity contribution in [2.75, 3.05) is 30.3 Å². The van der Waals surface area contributed by atoms with Gasteiger partial charge in [0.2, 0.25) is 0 Å². The number of carbonyl (C=O) groups is 1. The number of nitrogens with two attached hydrogens (primary N) is 1. The largest absolute Gasteiger partial charge is 0.465 e. The molecule has 3 N–H and O–H groups in total. The van der Waals surface area contributed by atoms with Gasteiger partial charge in [0, 0.05) is 25.7 Å². The number of hydrogen-bond donors (Lipinski definition) is 2. The summed E-state index contributed by atoms with van der Waals surface area (Å²) >= 11 is 0. The summed E-state index contributed by atoms with van der Waals surface area (Å²) in [6.45, 7) is 3.78. The SMILES string of the molecule is C[C@H]1CN(c2ccc(N)nc2)CCN1C(=O)O. The van der Waals surface area contributed by atoms with E-state index >= 15 is 0 Å². The number of piperazine rings is 1. The molecule has 1 amide bonds. The normalized spacial score (nSPS) is 20.4. The molecule has 0 saturated carbocycles. The van der Waals surface area contributed by atoms with Crippen LogP contribution in [-0.2, 0) is 0 Å². The summed E-state index contributed by atoms with van der Waals surface area (Å²) in [5.41, 5.74) is 6.51. The Kier molecular flexibility index (Phi) is 3.03. The van der Waals surface area contributed by atoms with Crippen molar-refractivity contribution in [3.05, 3.63) is 18.3 Å². The fourth-order valence-corrected chi connectivity index (χ4v) is 2.06. The van der Waals surface area contributed by atoms with E-state index < -0.39 is 6.09 Å². The minimum Gasteiger partial charge on any atom is -0.465 e. The van der Waals surface area contributed by atoms with Crippen LogP contribution in [0.25, 0.3) is 0 Å². The number of hydrogen-bond acceptors (Lipinski definition) is 4. The van der Waals surface area contributed by atoms with Gasteiger partial charge in [-0.3, -0.25) is 0 Å². The van der Waals surface area contributed by atoms with Gasteiger partial charge >= 0.3 is 6.09 Å². The Morgan fingerprint density at radius 1 is 1.53 bits per heavy atom. The molecule has 6 nitrogen and oxygen atoms in total. The number of carboxylic acid groups (broad SMARTS) is 1. The van der Waals surface area contributed by atoms with E-state index in [1.165, 1.54) is 4.90 Å². The van der Waals surface area contributed by atoms with Gasteiger partial charge in [0.1, 0.15) is 5.82 Å². The van der Waals surface area contributed by atoms with Crippen LogP contribution in [0.5, 0.6) is 0 Å². The van der Waals surface area contributed by atoms with E-state index in [-0.39, 0.29) is 6.04 Å². The predicted octanol–water partition coefficient (Wildman–Crippen LogP) is 0.852. The average Bonchev–Trinajstić information content (AvgIpc) is 2.29. The Morgan fingerprint density at radius 2 is 2.29 bits per heavy atom. The van der Waals surface area contributed by atoms with E-state index in [2.05, 4.69) is 9.88 Å². The van der Waals surface area contributed by atoms with Crippen molar-refractivity contribution in [3.8, 4) is 0 Å². The lowest BCUT2D eigenvalue weighted by Gasteiger charge is -2.39. The fraction of sp³-hybridized carbons (Fsp3) is 0.455. The first-order valence-corrected chi connectivity index (χ1v) is 5.54. The molecule has 1 saturated heterocycles. The topological polar surface area (TPSA) is 82.7 Å². The summed E-state index contributed by atoms with van der Waals surface area (Å²) in [6.07, 6.45) is 0.867. The molecule has 6 heteroatoms. The van der Waals surface area contributed by atoms with Crippen LogP contribution in [0.1, 0.15) is 6.92 Å². The zero-order valence-corrected chi connectivity index (χ0v) is 9.71. The molecular weight excluding hydrogens is 220 g/mol. The zero-order valence-electron chi connectivity index (χ0n) is 9.71. The third kappa shape index (κ3) is 2.41. The zero-order chi connectivity index (χ0) is 12.4. The van der Waals surface area contributed by atoms with Gasteiger partial charge in [-0.05, 0) is 19.1 Å². The first kappa shape index (κ1) is 11.5. The van der Waals surface area contributed by atoms with Gasteiger partial charge in [0.05, 0.1) is 11.9 Å². The van der Waals surface area contributed by atoms with Crippen LogP contribution in [0, 0.1) is 0 Å². The van der Waals surface area contributed by atoms with Gasteiger partial charge in [0.15, 0.2) is 0 Å². The Morgan fingerprint density at radius 3 is 2.82 bits per heavy atom. The number of nitrogen functional groups attached to an aromatic ring is 1. The third-order valence-corrected chi connectivity index (χ3v) is 3.01. The molecule has 1 aromatic heterocycles. The Bertz CT molecular complexity index is 406. The van der Waals surface area contributed by atoms with E-state index in [0.29, 0.717) is 25.5 Å². The first-order chi connectivity index (χ1) is 8.08. The predicted molar refractivity (Wildman–Crippen MR) is 65.1 cm³/mol. The van der Waals surface area contributed by atoms with Crippen LogP contribution in [0.4, 0.5) is 16.3 Å². The van der Waals surface area contributed by atoms with Gasteiger partial charge < -0.3 is 20.6 Å². The quantitative estimate of drug-likeness (QED) is 0.755. The standard InChI is InChI=1S/C11H16N4O2/c1-8-7-14(4-5-15(8)11(16)17)9-2-3-10(12)13-6-9/h2-3,6,8H,4-5,7H2,1H3,(H2,12,13)(H,16,17)/t8-/m0/s1. The van der Waals surface area contributed by atoms with Crippen LogP contribution in [0.15, 0.2) is 18.3 Å². The summed E-state index contributed by atoms with van der Waals surface area (Å²) in [7, 11) is 0. The monoisotopic (exact) mass is 236 g/mol. The second-order valence-electron chi connectivity index (χ2n) is 4.21. The molecule has 1 fully saturated rings. The van der Waals surface area contributed by atoms with Crippen LogP contribution in [0.2, 0.25) is 0 Å². The highest BCUT2D eigenvalue weighted by Gasteiger charge is 2.27. The molecule has 2 heterocycles. The molecule has 1 aliphatic heterocycles. The van der Waals surface area contributed by atoms with Crippen molar-refractivity contribution in [2.24, 2.45) is 0 Å². The lowest BCUT2D eigenvalue weighted by molar-refractivity contribution is 0.122. The fourth-order valence-electron chi connectivity index (χ4n) is 2.06. The van der Waals surface area contributed by atoms with Crippen LogP contribution >= 0.6 is 0 Å². The minimum atomic E-state index is -0.854. The van der Waals surface area contributed by atoms with Crippen molar-refractivity contribution < 1.29 is 9.90 Å². The lowest BCUT2D eigenvalue weighted by Crippen LogP contribution is -2.53. The molecule has 2 rings (SSSR count). The molecule has 0 unspecified atom stereocenters. The maximum atomic E-state index is 10.9. The first-order valence-electron chi connectivity index (χ1n) is 5.54. The van der Waals surface area contributed by atoms with Gasteiger partial charge in [-0.1, -0.05) is 0 Å². The molecule has 1 aromatic rings. The number of anilines is 2. The van der Waals surface area contributed by atoms with E-state index in [4.69, 9.17) is 10.8 Å². The van der Waals surface area contributed by atoms with E-state index in [1.54, 1.807) is 12.3 Å². The van der Waals surface area contributed by atoms with Crippen LogP contribution < -0.4 is 10.6 Å². The summed E-state index contributed by atoms with van der Waals surface area (Å²) in [5, 5.41) is 8.98. The maximum Gasteiger partial charge on any atom is 0.407 e. The van der Waals surface area contributed by atoms with Crippen molar-refractivity contribution in [3.63, 3.8) is 0 Å². The number of pyridine rings is 1. The number of rotatable bonds is 1. The van der Waals surface area contributed by atoms with Gasteiger partial charge in [0.25, 0.3) is 0 Å². The highest BCUT2D eigenvalue weighted by molar-refractivity contribution is 5.66. The molecule has 17 heavy (non-hydrogen) atoms. The van der Waals surface area contributed by atoms with E-state index in [1.807, 2.05) is 13.0 Å². The molecule has 0 radical (unpaired) electrons. The van der Waals surface area contributed by atoms with E-state index in [9.17, 15) is 4.79 Å².